The number of fused-ring (bicyclic) bond motifs is 1. The number of nitriles is 1. The molecule has 0 radical (unpaired) electrons. The first kappa shape index (κ1) is 17.2. The van der Waals surface area contributed by atoms with E-state index in [0.717, 1.165) is 0 Å². The fourth-order valence-corrected chi connectivity index (χ4v) is 2.84. The van der Waals surface area contributed by atoms with E-state index in [1.807, 2.05) is 6.92 Å². The number of hydrogen-bond donors (Lipinski definition) is 2. The summed E-state index contributed by atoms with van der Waals surface area (Å²) in [5.41, 5.74) is 2.88. The summed E-state index contributed by atoms with van der Waals surface area (Å²) in [7, 11) is 0. The standard InChI is InChI=1S/C19H15N7O2/c1-2-28-16-5-4-12(9-20)8-13(16)17-15(11-22-25-17)24-19(27)14-10-23-26-7-3-6-21-18(14)26/h3-8,10-11H,2H2,1H3,(H,22,25)(H,24,27). The molecule has 1 aromatic carbocycles. The number of rotatable bonds is 5. The molecule has 9 heteroatoms. The summed E-state index contributed by atoms with van der Waals surface area (Å²) in [6.45, 7) is 2.33. The number of aromatic amines is 1. The summed E-state index contributed by atoms with van der Waals surface area (Å²) in [6, 6.07) is 8.92. The maximum atomic E-state index is 12.8. The van der Waals surface area contributed by atoms with E-state index in [1.54, 1.807) is 36.7 Å². The van der Waals surface area contributed by atoms with Crippen LogP contribution in [0.15, 0.2) is 49.1 Å². The van der Waals surface area contributed by atoms with Crippen LogP contribution >= 0.6 is 0 Å². The first-order valence-electron chi connectivity index (χ1n) is 8.51. The molecular formula is C19H15N7O2. The molecule has 2 N–H and O–H groups in total. The van der Waals surface area contributed by atoms with Crippen molar-refractivity contribution in [1.29, 1.82) is 5.26 Å². The number of ether oxygens (including phenoxy) is 1. The number of H-pyrrole nitrogens is 1. The van der Waals surface area contributed by atoms with Crippen LogP contribution in [0.2, 0.25) is 0 Å². The van der Waals surface area contributed by atoms with Crippen LogP contribution in [0.1, 0.15) is 22.8 Å². The van der Waals surface area contributed by atoms with E-state index in [9.17, 15) is 10.1 Å². The van der Waals surface area contributed by atoms with Crippen LogP contribution in [0.3, 0.4) is 0 Å². The molecule has 138 valence electrons. The summed E-state index contributed by atoms with van der Waals surface area (Å²) in [5, 5.41) is 23.1. The largest absolute Gasteiger partial charge is 0.493 e. The first-order valence-corrected chi connectivity index (χ1v) is 8.51. The molecule has 0 saturated heterocycles. The van der Waals surface area contributed by atoms with Gasteiger partial charge in [-0.2, -0.15) is 15.5 Å². The van der Waals surface area contributed by atoms with Gasteiger partial charge in [0.15, 0.2) is 5.65 Å². The highest BCUT2D eigenvalue weighted by Gasteiger charge is 2.19. The third-order valence-corrected chi connectivity index (χ3v) is 4.09. The van der Waals surface area contributed by atoms with Crippen LogP contribution in [0.4, 0.5) is 5.69 Å². The lowest BCUT2D eigenvalue weighted by atomic mass is 10.1. The Morgan fingerprint density at radius 3 is 3.11 bits per heavy atom. The zero-order valence-electron chi connectivity index (χ0n) is 14.9. The number of nitrogens with one attached hydrogen (secondary N) is 2. The normalized spacial score (nSPS) is 10.6. The molecular weight excluding hydrogens is 358 g/mol. The second-order valence-corrected chi connectivity index (χ2v) is 5.81. The molecule has 0 aliphatic carbocycles. The quantitative estimate of drug-likeness (QED) is 0.555. The fraction of sp³-hybridized carbons (Fsp3) is 0.105. The second kappa shape index (κ2) is 7.20. The molecule has 0 aliphatic rings. The average Bonchev–Trinajstić information content (AvgIpc) is 3.35. The Morgan fingerprint density at radius 2 is 2.29 bits per heavy atom. The van der Waals surface area contributed by atoms with Crippen LogP contribution < -0.4 is 10.1 Å². The van der Waals surface area contributed by atoms with Crippen LogP contribution in [0.25, 0.3) is 16.9 Å². The minimum absolute atomic E-state index is 0.337. The van der Waals surface area contributed by atoms with Crippen molar-refractivity contribution in [2.24, 2.45) is 0 Å². The predicted octanol–water partition coefficient (Wildman–Crippen LogP) is 2.64. The summed E-state index contributed by atoms with van der Waals surface area (Å²) in [5.74, 6) is 0.213. The number of anilines is 1. The van der Waals surface area contributed by atoms with Crippen molar-refractivity contribution >= 4 is 17.2 Å². The molecule has 1 amide bonds. The number of carbonyl (C=O) groups excluding carboxylic acids is 1. The zero-order chi connectivity index (χ0) is 19.5. The molecule has 0 fully saturated rings. The van der Waals surface area contributed by atoms with E-state index in [2.05, 4.69) is 31.7 Å². The Bertz CT molecular complexity index is 1200. The summed E-state index contributed by atoms with van der Waals surface area (Å²) >= 11 is 0. The maximum absolute atomic E-state index is 12.8. The Kier molecular flexibility index (Phi) is 4.43. The number of nitrogens with zero attached hydrogens (tertiary/aromatic N) is 5. The number of carbonyl (C=O) groups is 1. The molecule has 9 nitrogen and oxygen atoms in total. The van der Waals surface area contributed by atoms with Crippen LogP contribution in [-0.4, -0.2) is 37.3 Å². The van der Waals surface area contributed by atoms with E-state index in [4.69, 9.17) is 4.74 Å². The van der Waals surface area contributed by atoms with Crippen LogP contribution in [0.5, 0.6) is 5.75 Å². The molecule has 28 heavy (non-hydrogen) atoms. The predicted molar refractivity (Wildman–Crippen MR) is 101 cm³/mol. The van der Waals surface area contributed by atoms with Crippen molar-refractivity contribution < 1.29 is 9.53 Å². The Hall–Kier alpha value is -4.19. The van der Waals surface area contributed by atoms with Gasteiger partial charge >= 0.3 is 0 Å². The third-order valence-electron chi connectivity index (χ3n) is 4.09. The van der Waals surface area contributed by atoms with E-state index in [1.165, 1.54) is 16.9 Å². The van der Waals surface area contributed by atoms with E-state index < -0.39 is 0 Å². The van der Waals surface area contributed by atoms with Gasteiger partial charge < -0.3 is 10.1 Å². The number of benzene rings is 1. The van der Waals surface area contributed by atoms with Gasteiger partial charge in [-0.15, -0.1) is 0 Å². The van der Waals surface area contributed by atoms with Gasteiger partial charge in [0.1, 0.15) is 11.3 Å². The van der Waals surface area contributed by atoms with E-state index in [-0.39, 0.29) is 5.91 Å². The minimum atomic E-state index is -0.370. The van der Waals surface area contributed by atoms with Gasteiger partial charge in [-0.25, -0.2) is 9.50 Å². The molecule has 0 bridgehead atoms. The summed E-state index contributed by atoms with van der Waals surface area (Å²) < 4.78 is 7.18. The monoisotopic (exact) mass is 373 g/mol. The van der Waals surface area contributed by atoms with Crippen molar-refractivity contribution in [3.05, 3.63) is 60.2 Å². The third kappa shape index (κ3) is 3.03. The lowest BCUT2D eigenvalue weighted by molar-refractivity contribution is 0.102. The first-order chi connectivity index (χ1) is 13.7. The van der Waals surface area contributed by atoms with Crippen molar-refractivity contribution in [1.82, 2.24) is 24.8 Å². The molecule has 3 aromatic heterocycles. The smallest absolute Gasteiger partial charge is 0.261 e. The van der Waals surface area contributed by atoms with Gasteiger partial charge in [-0.1, -0.05) is 0 Å². The summed E-state index contributed by atoms with van der Waals surface area (Å²) in [6.07, 6.45) is 6.27. The molecule has 3 heterocycles. The Balaban J connectivity index is 1.71. The molecule has 4 rings (SSSR count). The van der Waals surface area contributed by atoms with Gasteiger partial charge in [0, 0.05) is 18.0 Å². The topological polar surface area (TPSA) is 121 Å². The van der Waals surface area contributed by atoms with E-state index in [0.29, 0.717) is 46.1 Å². The highest BCUT2D eigenvalue weighted by molar-refractivity contribution is 6.09. The van der Waals surface area contributed by atoms with Crippen LogP contribution in [0, 0.1) is 11.3 Å². The van der Waals surface area contributed by atoms with Gasteiger partial charge in [-0.05, 0) is 31.2 Å². The number of aromatic nitrogens is 5. The fourth-order valence-electron chi connectivity index (χ4n) is 2.84. The Morgan fingerprint density at radius 1 is 1.39 bits per heavy atom. The molecule has 0 aliphatic heterocycles. The van der Waals surface area contributed by atoms with Crippen molar-refractivity contribution in [3.63, 3.8) is 0 Å². The lowest BCUT2D eigenvalue weighted by Crippen LogP contribution is -2.12. The van der Waals surface area contributed by atoms with Gasteiger partial charge in [-0.3, -0.25) is 9.89 Å². The van der Waals surface area contributed by atoms with Crippen LogP contribution in [-0.2, 0) is 0 Å². The SMILES string of the molecule is CCOc1ccc(C#N)cc1-c1[nH]ncc1NC(=O)c1cnn2cccnc12. The molecule has 0 spiro atoms. The summed E-state index contributed by atoms with van der Waals surface area (Å²) in [4.78, 5) is 17.0. The van der Waals surface area contributed by atoms with E-state index >= 15 is 0 Å². The maximum Gasteiger partial charge on any atom is 0.261 e. The minimum Gasteiger partial charge on any atom is -0.493 e. The van der Waals surface area contributed by atoms with Crippen molar-refractivity contribution in [3.8, 4) is 23.1 Å². The van der Waals surface area contributed by atoms with Gasteiger partial charge in [0.05, 0.1) is 42.0 Å². The molecule has 4 aromatic rings. The Labute approximate surface area is 159 Å². The van der Waals surface area contributed by atoms with Crippen molar-refractivity contribution in [2.45, 2.75) is 6.92 Å². The van der Waals surface area contributed by atoms with Crippen molar-refractivity contribution in [2.75, 3.05) is 11.9 Å². The molecule has 0 saturated carbocycles. The van der Waals surface area contributed by atoms with Gasteiger partial charge in [0.2, 0.25) is 0 Å². The molecule has 0 atom stereocenters. The second-order valence-electron chi connectivity index (χ2n) is 5.81. The van der Waals surface area contributed by atoms with Gasteiger partial charge in [0.25, 0.3) is 5.91 Å². The highest BCUT2D eigenvalue weighted by atomic mass is 16.5. The highest BCUT2D eigenvalue weighted by Crippen LogP contribution is 2.34. The number of hydrogen-bond acceptors (Lipinski definition) is 6. The zero-order valence-corrected chi connectivity index (χ0v) is 14.9. The average molecular weight is 373 g/mol. The molecule has 0 unspecified atom stereocenters. The lowest BCUT2D eigenvalue weighted by Gasteiger charge is -2.11. The number of amides is 1.